The molecule has 8 nitrogen and oxygen atoms in total. The van der Waals surface area contributed by atoms with Gasteiger partial charge in [0.2, 0.25) is 5.91 Å². The van der Waals surface area contributed by atoms with E-state index in [9.17, 15) is 14.4 Å². The Morgan fingerprint density at radius 2 is 1.82 bits per heavy atom. The van der Waals surface area contributed by atoms with Gasteiger partial charge in [0.25, 0.3) is 5.91 Å². The SMILES string of the molecule is CNC(=O)CNC(=O)COC(=O)c1cccc(OC)c1OC. The summed E-state index contributed by atoms with van der Waals surface area (Å²) in [6, 6.07) is 4.72. The Balaban J connectivity index is 2.63. The van der Waals surface area contributed by atoms with Gasteiger partial charge in [0.05, 0.1) is 20.8 Å². The highest BCUT2D eigenvalue weighted by molar-refractivity contribution is 5.95. The molecule has 1 aromatic carbocycles. The molecule has 0 saturated carbocycles. The van der Waals surface area contributed by atoms with Gasteiger partial charge < -0.3 is 24.8 Å². The lowest BCUT2D eigenvalue weighted by Gasteiger charge is -2.12. The fourth-order valence-corrected chi connectivity index (χ4v) is 1.57. The normalized spacial score (nSPS) is 9.59. The van der Waals surface area contributed by atoms with Crippen molar-refractivity contribution in [3.8, 4) is 11.5 Å². The van der Waals surface area contributed by atoms with Gasteiger partial charge in [-0.1, -0.05) is 6.07 Å². The predicted molar refractivity (Wildman–Crippen MR) is 76.9 cm³/mol. The molecule has 0 aromatic heterocycles. The van der Waals surface area contributed by atoms with Gasteiger partial charge in [-0.05, 0) is 12.1 Å². The lowest BCUT2D eigenvalue weighted by Crippen LogP contribution is -2.37. The van der Waals surface area contributed by atoms with Gasteiger partial charge >= 0.3 is 5.97 Å². The highest BCUT2D eigenvalue weighted by Gasteiger charge is 2.18. The van der Waals surface area contributed by atoms with E-state index >= 15 is 0 Å². The number of benzene rings is 1. The predicted octanol–water partition coefficient (Wildman–Crippen LogP) is -0.277. The summed E-state index contributed by atoms with van der Waals surface area (Å²) < 4.78 is 15.1. The van der Waals surface area contributed by atoms with Crippen molar-refractivity contribution >= 4 is 17.8 Å². The van der Waals surface area contributed by atoms with Gasteiger partial charge in [0.1, 0.15) is 5.56 Å². The second kappa shape index (κ2) is 8.50. The van der Waals surface area contributed by atoms with Gasteiger partial charge in [-0.15, -0.1) is 0 Å². The Hall–Kier alpha value is -2.77. The zero-order chi connectivity index (χ0) is 16.5. The Bertz CT molecular complexity index is 558. The average Bonchev–Trinajstić information content (AvgIpc) is 2.56. The number of esters is 1. The van der Waals surface area contributed by atoms with Crippen LogP contribution in [0.15, 0.2) is 18.2 Å². The first-order chi connectivity index (χ1) is 10.5. The number of para-hydroxylation sites is 1. The van der Waals surface area contributed by atoms with E-state index in [0.29, 0.717) is 5.75 Å². The molecule has 0 aliphatic rings. The van der Waals surface area contributed by atoms with Gasteiger partial charge in [-0.2, -0.15) is 0 Å². The molecule has 0 radical (unpaired) electrons. The Kier molecular flexibility index (Phi) is 6.68. The van der Waals surface area contributed by atoms with Crippen LogP contribution in [0.2, 0.25) is 0 Å². The second-order valence-electron chi connectivity index (χ2n) is 4.07. The van der Waals surface area contributed by atoms with Crippen LogP contribution in [0, 0.1) is 0 Å². The fraction of sp³-hybridized carbons (Fsp3) is 0.357. The lowest BCUT2D eigenvalue weighted by molar-refractivity contribution is -0.127. The van der Waals surface area contributed by atoms with E-state index in [4.69, 9.17) is 14.2 Å². The van der Waals surface area contributed by atoms with Crippen molar-refractivity contribution in [1.29, 1.82) is 0 Å². The minimum absolute atomic E-state index is 0.140. The molecular weight excluding hydrogens is 292 g/mol. The van der Waals surface area contributed by atoms with Gasteiger partial charge in [0, 0.05) is 7.05 Å². The number of ether oxygens (including phenoxy) is 3. The first-order valence-corrected chi connectivity index (χ1v) is 6.38. The number of likely N-dealkylation sites (N-methyl/N-ethyl adjacent to an activating group) is 1. The van der Waals surface area contributed by atoms with Crippen LogP contribution in [-0.2, 0) is 14.3 Å². The van der Waals surface area contributed by atoms with Crippen molar-refractivity contribution < 1.29 is 28.6 Å². The molecule has 0 fully saturated rings. The number of carbonyl (C=O) groups is 3. The molecule has 22 heavy (non-hydrogen) atoms. The van der Waals surface area contributed by atoms with Crippen LogP contribution in [0.25, 0.3) is 0 Å². The molecule has 0 aliphatic carbocycles. The smallest absolute Gasteiger partial charge is 0.342 e. The number of hydrogen-bond acceptors (Lipinski definition) is 6. The summed E-state index contributed by atoms with van der Waals surface area (Å²) in [5, 5.41) is 4.65. The maximum absolute atomic E-state index is 12.0. The Morgan fingerprint density at radius 3 is 2.41 bits per heavy atom. The van der Waals surface area contributed by atoms with Crippen LogP contribution < -0.4 is 20.1 Å². The lowest BCUT2D eigenvalue weighted by atomic mass is 10.2. The van der Waals surface area contributed by atoms with E-state index in [-0.39, 0.29) is 23.8 Å². The molecule has 8 heteroatoms. The van der Waals surface area contributed by atoms with Crippen molar-refractivity contribution in [3.63, 3.8) is 0 Å². The summed E-state index contributed by atoms with van der Waals surface area (Å²) in [6.45, 7) is -0.689. The molecule has 0 spiro atoms. The zero-order valence-electron chi connectivity index (χ0n) is 12.6. The van der Waals surface area contributed by atoms with Crippen molar-refractivity contribution in [1.82, 2.24) is 10.6 Å². The number of rotatable bonds is 7. The number of amides is 2. The number of methoxy groups -OCH3 is 2. The third-order valence-corrected chi connectivity index (χ3v) is 2.68. The highest BCUT2D eigenvalue weighted by atomic mass is 16.5. The summed E-state index contributed by atoms with van der Waals surface area (Å²) in [7, 11) is 4.29. The van der Waals surface area contributed by atoms with Crippen LogP contribution in [0.3, 0.4) is 0 Å². The van der Waals surface area contributed by atoms with Crippen molar-refractivity contribution in [3.05, 3.63) is 23.8 Å². The third kappa shape index (κ3) is 4.65. The molecule has 0 heterocycles. The van der Waals surface area contributed by atoms with Gasteiger partial charge in [0.15, 0.2) is 18.1 Å². The zero-order valence-corrected chi connectivity index (χ0v) is 12.6. The molecule has 120 valence electrons. The molecule has 1 rings (SSSR count). The van der Waals surface area contributed by atoms with Gasteiger partial charge in [-0.3, -0.25) is 9.59 Å². The number of hydrogen-bond donors (Lipinski definition) is 2. The molecule has 0 bridgehead atoms. The third-order valence-electron chi connectivity index (χ3n) is 2.68. The van der Waals surface area contributed by atoms with E-state index in [1.807, 2.05) is 0 Å². The van der Waals surface area contributed by atoms with E-state index in [1.54, 1.807) is 12.1 Å². The van der Waals surface area contributed by atoms with Gasteiger partial charge in [-0.25, -0.2) is 4.79 Å². The molecular formula is C14H18N2O6. The van der Waals surface area contributed by atoms with Crippen LogP contribution in [0.5, 0.6) is 11.5 Å². The highest BCUT2D eigenvalue weighted by Crippen LogP contribution is 2.30. The topological polar surface area (TPSA) is 103 Å². The van der Waals surface area contributed by atoms with Crippen molar-refractivity contribution in [2.24, 2.45) is 0 Å². The first kappa shape index (κ1) is 17.3. The minimum atomic E-state index is -0.731. The summed E-state index contributed by atoms with van der Waals surface area (Å²) in [4.78, 5) is 34.4. The Labute approximate surface area is 127 Å². The Morgan fingerprint density at radius 1 is 1.09 bits per heavy atom. The summed E-state index contributed by atoms with van der Waals surface area (Å²) >= 11 is 0. The number of nitrogens with one attached hydrogen (secondary N) is 2. The minimum Gasteiger partial charge on any atom is -0.493 e. The van der Waals surface area contributed by atoms with Crippen LogP contribution in [-0.4, -0.2) is 52.2 Å². The summed E-state index contributed by atoms with van der Waals surface area (Å²) in [5.41, 5.74) is 0.140. The summed E-state index contributed by atoms with van der Waals surface area (Å²) in [6.07, 6.45) is 0. The average molecular weight is 310 g/mol. The maximum atomic E-state index is 12.0. The fourth-order valence-electron chi connectivity index (χ4n) is 1.57. The quantitative estimate of drug-likeness (QED) is 0.672. The second-order valence-corrected chi connectivity index (χ2v) is 4.07. The molecule has 0 atom stereocenters. The molecule has 2 amide bonds. The van der Waals surface area contributed by atoms with Crippen LogP contribution in [0.1, 0.15) is 10.4 Å². The van der Waals surface area contributed by atoms with Crippen LogP contribution >= 0.6 is 0 Å². The first-order valence-electron chi connectivity index (χ1n) is 6.38. The molecule has 0 aliphatic heterocycles. The van der Waals surface area contributed by atoms with E-state index in [2.05, 4.69) is 10.6 Å². The van der Waals surface area contributed by atoms with E-state index in [1.165, 1.54) is 27.3 Å². The number of carbonyl (C=O) groups excluding carboxylic acids is 3. The summed E-state index contributed by atoms with van der Waals surface area (Å²) in [5.74, 6) is -1.07. The van der Waals surface area contributed by atoms with Crippen LogP contribution in [0.4, 0.5) is 0 Å². The molecule has 0 saturated heterocycles. The molecule has 2 N–H and O–H groups in total. The molecule has 1 aromatic rings. The van der Waals surface area contributed by atoms with E-state index in [0.717, 1.165) is 0 Å². The van der Waals surface area contributed by atoms with Crippen molar-refractivity contribution in [2.45, 2.75) is 0 Å². The maximum Gasteiger partial charge on any atom is 0.342 e. The van der Waals surface area contributed by atoms with Crippen molar-refractivity contribution in [2.75, 3.05) is 34.4 Å². The largest absolute Gasteiger partial charge is 0.493 e. The van der Waals surface area contributed by atoms with E-state index < -0.39 is 18.5 Å². The monoisotopic (exact) mass is 310 g/mol. The molecule has 0 unspecified atom stereocenters. The standard InChI is InChI=1S/C14H18N2O6/c1-15-11(17)7-16-12(18)8-22-14(19)9-5-4-6-10(20-2)13(9)21-3/h4-6H,7-8H2,1-3H3,(H,15,17)(H,16,18).